The molecule has 6 N–H and O–H groups in total. The van der Waals surface area contributed by atoms with E-state index in [1.165, 1.54) is 20.9 Å². The summed E-state index contributed by atoms with van der Waals surface area (Å²) < 4.78 is 10.8. The van der Waals surface area contributed by atoms with E-state index in [0.29, 0.717) is 0 Å². The molecule has 1 saturated heterocycles. The molecule has 1 heterocycles. The van der Waals surface area contributed by atoms with Crippen molar-refractivity contribution in [1.29, 1.82) is 0 Å². The van der Waals surface area contributed by atoms with Crippen LogP contribution in [0.3, 0.4) is 0 Å². The monoisotopic (exact) mass is 363 g/mol. The SMILES string of the molecule is CNC(=O)[C@H](CO[C@H]1O[C@H](CO)[C@H](O)[C@H](O)[C@H]1NC(C)=O)NC(C)=O. The molecule has 1 aliphatic heterocycles. The van der Waals surface area contributed by atoms with Gasteiger partial charge in [-0.25, -0.2) is 0 Å². The highest BCUT2D eigenvalue weighted by molar-refractivity contribution is 5.86. The summed E-state index contributed by atoms with van der Waals surface area (Å²) in [6.45, 7) is 1.53. The number of aliphatic hydroxyl groups excluding tert-OH is 3. The van der Waals surface area contributed by atoms with E-state index in [0.717, 1.165) is 0 Å². The van der Waals surface area contributed by atoms with Gasteiger partial charge >= 0.3 is 0 Å². The lowest BCUT2D eigenvalue weighted by atomic mass is 9.97. The lowest BCUT2D eigenvalue weighted by molar-refractivity contribution is -0.270. The van der Waals surface area contributed by atoms with Crippen LogP contribution >= 0.6 is 0 Å². The van der Waals surface area contributed by atoms with Crippen molar-refractivity contribution in [2.75, 3.05) is 20.3 Å². The van der Waals surface area contributed by atoms with E-state index >= 15 is 0 Å². The Labute approximate surface area is 144 Å². The molecular weight excluding hydrogens is 338 g/mol. The van der Waals surface area contributed by atoms with Gasteiger partial charge in [-0.3, -0.25) is 14.4 Å². The molecule has 0 radical (unpaired) electrons. The summed E-state index contributed by atoms with van der Waals surface area (Å²) in [5, 5.41) is 36.4. The molecule has 0 saturated carbocycles. The van der Waals surface area contributed by atoms with Gasteiger partial charge in [-0.2, -0.15) is 0 Å². The molecule has 0 aromatic heterocycles. The number of amides is 3. The van der Waals surface area contributed by atoms with Crippen molar-refractivity contribution in [3.05, 3.63) is 0 Å². The maximum absolute atomic E-state index is 11.8. The predicted octanol–water partition coefficient (Wildman–Crippen LogP) is -3.80. The van der Waals surface area contributed by atoms with Gasteiger partial charge in [0.2, 0.25) is 17.7 Å². The average Bonchev–Trinajstić information content (AvgIpc) is 2.55. The zero-order chi connectivity index (χ0) is 19.1. The fourth-order valence-corrected chi connectivity index (χ4v) is 2.41. The molecular formula is C14H25N3O8. The molecule has 1 rings (SSSR count). The molecule has 1 aliphatic rings. The first-order valence-electron chi connectivity index (χ1n) is 7.71. The summed E-state index contributed by atoms with van der Waals surface area (Å²) in [4.78, 5) is 34.3. The zero-order valence-corrected chi connectivity index (χ0v) is 14.3. The Morgan fingerprint density at radius 2 is 1.80 bits per heavy atom. The molecule has 0 bridgehead atoms. The minimum Gasteiger partial charge on any atom is -0.394 e. The van der Waals surface area contributed by atoms with Gasteiger partial charge in [0.15, 0.2) is 6.29 Å². The lowest BCUT2D eigenvalue weighted by Gasteiger charge is -2.42. The summed E-state index contributed by atoms with van der Waals surface area (Å²) in [5.41, 5.74) is 0. The quantitative estimate of drug-likeness (QED) is 0.268. The summed E-state index contributed by atoms with van der Waals surface area (Å²) in [6, 6.07) is -2.15. The summed E-state index contributed by atoms with van der Waals surface area (Å²) in [7, 11) is 1.39. The van der Waals surface area contributed by atoms with Gasteiger partial charge < -0.3 is 40.7 Å². The topological polar surface area (TPSA) is 166 Å². The van der Waals surface area contributed by atoms with Crippen LogP contribution in [0.4, 0.5) is 0 Å². The van der Waals surface area contributed by atoms with Crippen molar-refractivity contribution < 1.29 is 39.2 Å². The zero-order valence-electron chi connectivity index (χ0n) is 14.3. The van der Waals surface area contributed by atoms with Gasteiger partial charge in [0.25, 0.3) is 0 Å². The number of aliphatic hydroxyl groups is 3. The second-order valence-corrected chi connectivity index (χ2v) is 5.63. The Kier molecular flexibility index (Phi) is 8.19. The Morgan fingerprint density at radius 1 is 1.16 bits per heavy atom. The van der Waals surface area contributed by atoms with Gasteiger partial charge in [-0.15, -0.1) is 0 Å². The number of hydrogen-bond acceptors (Lipinski definition) is 8. The number of likely N-dealkylation sites (N-methyl/N-ethyl adjacent to an activating group) is 1. The largest absolute Gasteiger partial charge is 0.394 e. The summed E-state index contributed by atoms with van der Waals surface area (Å²) in [5.74, 6) is -1.47. The van der Waals surface area contributed by atoms with Crippen molar-refractivity contribution >= 4 is 17.7 Å². The van der Waals surface area contributed by atoms with Gasteiger partial charge in [0.05, 0.1) is 13.2 Å². The smallest absolute Gasteiger partial charge is 0.244 e. The predicted molar refractivity (Wildman–Crippen MR) is 83.0 cm³/mol. The van der Waals surface area contributed by atoms with Crippen LogP contribution in [0.2, 0.25) is 0 Å². The Balaban J connectivity index is 2.86. The van der Waals surface area contributed by atoms with Gasteiger partial charge in [0, 0.05) is 20.9 Å². The van der Waals surface area contributed by atoms with Crippen molar-refractivity contribution in [3.63, 3.8) is 0 Å². The molecule has 0 aliphatic carbocycles. The van der Waals surface area contributed by atoms with E-state index < -0.39 is 61.0 Å². The fourth-order valence-electron chi connectivity index (χ4n) is 2.41. The van der Waals surface area contributed by atoms with Crippen LogP contribution in [0.25, 0.3) is 0 Å². The van der Waals surface area contributed by atoms with E-state index in [2.05, 4.69) is 16.0 Å². The van der Waals surface area contributed by atoms with Crippen molar-refractivity contribution in [1.82, 2.24) is 16.0 Å². The van der Waals surface area contributed by atoms with Crippen LogP contribution in [-0.2, 0) is 23.9 Å². The number of nitrogens with one attached hydrogen (secondary N) is 3. The van der Waals surface area contributed by atoms with Gasteiger partial charge in [-0.1, -0.05) is 0 Å². The second kappa shape index (κ2) is 9.63. The maximum atomic E-state index is 11.8. The maximum Gasteiger partial charge on any atom is 0.244 e. The van der Waals surface area contributed by atoms with E-state index in [4.69, 9.17) is 9.47 Å². The first kappa shape index (κ1) is 21.3. The number of carbonyl (C=O) groups excluding carboxylic acids is 3. The highest BCUT2D eigenvalue weighted by Crippen LogP contribution is 2.22. The van der Waals surface area contributed by atoms with Crippen LogP contribution in [0.15, 0.2) is 0 Å². The molecule has 0 aromatic carbocycles. The first-order valence-corrected chi connectivity index (χ1v) is 7.71. The number of hydrogen-bond donors (Lipinski definition) is 6. The molecule has 0 unspecified atom stereocenters. The minimum absolute atomic E-state index is 0.318. The molecule has 0 aromatic rings. The minimum atomic E-state index is -1.46. The first-order chi connectivity index (χ1) is 11.7. The fraction of sp³-hybridized carbons (Fsp3) is 0.786. The number of ether oxygens (including phenoxy) is 2. The van der Waals surface area contributed by atoms with Crippen LogP contribution in [0.1, 0.15) is 13.8 Å². The number of carbonyl (C=O) groups is 3. The van der Waals surface area contributed by atoms with E-state index in [1.807, 2.05) is 0 Å². The molecule has 144 valence electrons. The molecule has 1 fully saturated rings. The van der Waals surface area contributed by atoms with Crippen molar-refractivity contribution in [2.24, 2.45) is 0 Å². The molecule has 11 nitrogen and oxygen atoms in total. The van der Waals surface area contributed by atoms with Crippen LogP contribution in [0, 0.1) is 0 Å². The third kappa shape index (κ3) is 5.90. The number of rotatable bonds is 7. The third-order valence-electron chi connectivity index (χ3n) is 3.62. The van der Waals surface area contributed by atoms with E-state index in [9.17, 15) is 29.7 Å². The molecule has 0 spiro atoms. The average molecular weight is 363 g/mol. The van der Waals surface area contributed by atoms with Gasteiger partial charge in [0.1, 0.15) is 30.4 Å². The Morgan fingerprint density at radius 3 is 2.28 bits per heavy atom. The molecule has 25 heavy (non-hydrogen) atoms. The highest BCUT2D eigenvalue weighted by atomic mass is 16.7. The van der Waals surface area contributed by atoms with E-state index in [-0.39, 0.29) is 6.61 Å². The standard InChI is InChI=1S/C14H25N3O8/c1-6(19)16-8(13(23)15-3)5-24-14-10(17-7(2)20)12(22)11(21)9(4-18)25-14/h8-12,14,18,21-22H,4-5H2,1-3H3,(H,15,23)(H,16,19)(H,17,20)/t8-,9+,10+,11-,12+,14-/m0/s1. The lowest BCUT2D eigenvalue weighted by Crippen LogP contribution is -2.65. The van der Waals surface area contributed by atoms with E-state index in [1.54, 1.807) is 0 Å². The van der Waals surface area contributed by atoms with Crippen molar-refractivity contribution in [2.45, 2.75) is 50.5 Å². The van der Waals surface area contributed by atoms with Crippen LogP contribution in [-0.4, -0.2) is 90.0 Å². The molecule has 6 atom stereocenters. The Bertz CT molecular complexity index is 489. The van der Waals surface area contributed by atoms with Crippen LogP contribution in [0.5, 0.6) is 0 Å². The normalized spacial score (nSPS) is 30.2. The molecule has 11 heteroatoms. The molecule has 3 amide bonds. The van der Waals surface area contributed by atoms with Crippen LogP contribution < -0.4 is 16.0 Å². The summed E-state index contributed by atoms with van der Waals surface area (Å²) >= 11 is 0. The van der Waals surface area contributed by atoms with Crippen molar-refractivity contribution in [3.8, 4) is 0 Å². The van der Waals surface area contributed by atoms with Gasteiger partial charge in [-0.05, 0) is 0 Å². The Hall–Kier alpha value is -1.79. The second-order valence-electron chi connectivity index (χ2n) is 5.63. The third-order valence-corrected chi connectivity index (χ3v) is 3.62. The highest BCUT2D eigenvalue weighted by Gasteiger charge is 2.45. The summed E-state index contributed by atoms with van der Waals surface area (Å²) in [6.07, 6.45) is -5.28.